The number of amides is 1. The highest BCUT2D eigenvalue weighted by atomic mass is 16.6. The maximum atomic E-state index is 11.8. The number of carbonyl (C=O) groups excluding carboxylic acids is 1. The Labute approximate surface area is 105 Å². The summed E-state index contributed by atoms with van der Waals surface area (Å²) in [7, 11) is 0. The second kappa shape index (κ2) is 5.71. The molecule has 0 aliphatic carbocycles. The van der Waals surface area contributed by atoms with Gasteiger partial charge >= 0.3 is 6.09 Å². The number of hydrogen-bond donors (Lipinski definition) is 0. The minimum Gasteiger partial charge on any atom is -0.446 e. The van der Waals surface area contributed by atoms with Crippen LogP contribution in [-0.4, -0.2) is 53.7 Å². The summed E-state index contributed by atoms with van der Waals surface area (Å²) in [6.45, 7) is 14.0. The minimum absolute atomic E-state index is 0.0168. The Bertz CT molecular complexity index is 253. The van der Waals surface area contributed by atoms with Crippen LogP contribution in [0.2, 0.25) is 0 Å². The molecule has 0 aromatic carbocycles. The van der Waals surface area contributed by atoms with Gasteiger partial charge in [-0.05, 0) is 34.1 Å². The summed E-state index contributed by atoms with van der Waals surface area (Å²) in [6.07, 6.45) is 0.726. The molecule has 1 atom stereocenters. The van der Waals surface area contributed by atoms with Gasteiger partial charge in [0.15, 0.2) is 0 Å². The van der Waals surface area contributed by atoms with E-state index in [4.69, 9.17) is 4.74 Å². The van der Waals surface area contributed by atoms with Gasteiger partial charge in [0.1, 0.15) is 6.10 Å². The monoisotopic (exact) mass is 242 g/mol. The van der Waals surface area contributed by atoms with Crippen LogP contribution in [0.3, 0.4) is 0 Å². The van der Waals surface area contributed by atoms with E-state index in [2.05, 4.69) is 25.7 Å². The molecule has 1 rings (SSSR count). The summed E-state index contributed by atoms with van der Waals surface area (Å²) in [4.78, 5) is 16.0. The van der Waals surface area contributed by atoms with Crippen molar-refractivity contribution in [2.24, 2.45) is 0 Å². The van der Waals surface area contributed by atoms with E-state index >= 15 is 0 Å². The van der Waals surface area contributed by atoms with E-state index in [1.165, 1.54) is 0 Å². The van der Waals surface area contributed by atoms with E-state index in [9.17, 15) is 4.79 Å². The normalized spacial score (nSPS) is 20.2. The topological polar surface area (TPSA) is 32.8 Å². The van der Waals surface area contributed by atoms with Gasteiger partial charge in [-0.25, -0.2) is 4.79 Å². The average Bonchev–Trinajstić information content (AvgIpc) is 2.27. The molecule has 1 amide bonds. The zero-order valence-electron chi connectivity index (χ0n) is 11.8. The highest BCUT2D eigenvalue weighted by Crippen LogP contribution is 2.16. The van der Waals surface area contributed by atoms with Gasteiger partial charge in [-0.15, -0.1) is 0 Å². The fourth-order valence-corrected chi connectivity index (χ4v) is 1.89. The molecular formula is C13H26N2O2. The predicted molar refractivity (Wildman–Crippen MR) is 69.1 cm³/mol. The van der Waals surface area contributed by atoms with Crippen molar-refractivity contribution in [3.8, 4) is 0 Å². The summed E-state index contributed by atoms with van der Waals surface area (Å²) in [5.41, 5.74) is 0.187. The maximum Gasteiger partial charge on any atom is 0.410 e. The number of piperazine rings is 1. The van der Waals surface area contributed by atoms with Crippen molar-refractivity contribution in [2.75, 3.05) is 26.2 Å². The highest BCUT2D eigenvalue weighted by Gasteiger charge is 2.28. The standard InChI is InChI=1S/C13H26N2O2/c1-6-11(2)17-12(16)14-7-9-15(10-8-14)13(3,4)5/h11H,6-10H2,1-5H3. The third-order valence-corrected chi connectivity index (χ3v) is 3.36. The SMILES string of the molecule is CCC(C)OC(=O)N1CCN(C(C)(C)C)CC1. The number of ether oxygens (including phenoxy) is 1. The van der Waals surface area contributed by atoms with Gasteiger partial charge in [-0.3, -0.25) is 4.90 Å². The largest absolute Gasteiger partial charge is 0.446 e. The molecule has 17 heavy (non-hydrogen) atoms. The Morgan fingerprint density at radius 3 is 2.18 bits per heavy atom. The molecule has 1 unspecified atom stereocenters. The number of rotatable bonds is 2. The van der Waals surface area contributed by atoms with Gasteiger partial charge in [0.25, 0.3) is 0 Å². The lowest BCUT2D eigenvalue weighted by molar-refractivity contribution is 0.0308. The molecule has 1 heterocycles. The molecule has 4 heteroatoms. The van der Waals surface area contributed by atoms with Crippen LogP contribution in [0, 0.1) is 0 Å². The van der Waals surface area contributed by atoms with E-state index in [1.807, 2.05) is 18.7 Å². The summed E-state index contributed by atoms with van der Waals surface area (Å²) in [5.74, 6) is 0. The van der Waals surface area contributed by atoms with Crippen molar-refractivity contribution in [3.63, 3.8) is 0 Å². The first-order valence-corrected chi connectivity index (χ1v) is 6.55. The second-order valence-electron chi connectivity index (χ2n) is 5.75. The van der Waals surface area contributed by atoms with Crippen LogP contribution in [0.4, 0.5) is 4.79 Å². The fraction of sp³-hybridized carbons (Fsp3) is 0.923. The predicted octanol–water partition coefficient (Wildman–Crippen LogP) is 2.34. The minimum atomic E-state index is -0.159. The number of hydrogen-bond acceptors (Lipinski definition) is 3. The summed E-state index contributed by atoms with van der Waals surface area (Å²) in [6, 6.07) is 0. The zero-order chi connectivity index (χ0) is 13.1. The summed E-state index contributed by atoms with van der Waals surface area (Å²) >= 11 is 0. The average molecular weight is 242 g/mol. The fourth-order valence-electron chi connectivity index (χ4n) is 1.89. The molecule has 0 aromatic rings. The molecule has 0 spiro atoms. The number of nitrogens with zero attached hydrogens (tertiary/aromatic N) is 2. The molecule has 1 saturated heterocycles. The van der Waals surface area contributed by atoms with Crippen molar-refractivity contribution < 1.29 is 9.53 Å². The third-order valence-electron chi connectivity index (χ3n) is 3.36. The molecule has 0 bridgehead atoms. The van der Waals surface area contributed by atoms with Crippen molar-refractivity contribution in [1.82, 2.24) is 9.80 Å². The molecule has 1 fully saturated rings. The van der Waals surface area contributed by atoms with Gasteiger partial charge in [-0.1, -0.05) is 6.92 Å². The van der Waals surface area contributed by atoms with Crippen LogP contribution >= 0.6 is 0 Å². The number of carbonyl (C=O) groups is 1. The molecular weight excluding hydrogens is 216 g/mol. The van der Waals surface area contributed by atoms with Gasteiger partial charge in [-0.2, -0.15) is 0 Å². The first kappa shape index (κ1) is 14.3. The second-order valence-corrected chi connectivity index (χ2v) is 5.75. The lowest BCUT2D eigenvalue weighted by atomic mass is 10.1. The van der Waals surface area contributed by atoms with Crippen LogP contribution in [-0.2, 0) is 4.74 Å². The first-order valence-electron chi connectivity index (χ1n) is 6.55. The lowest BCUT2D eigenvalue weighted by Crippen LogP contribution is -2.54. The smallest absolute Gasteiger partial charge is 0.410 e. The molecule has 100 valence electrons. The van der Waals surface area contributed by atoms with E-state index < -0.39 is 0 Å². The first-order chi connectivity index (χ1) is 7.84. The van der Waals surface area contributed by atoms with E-state index in [-0.39, 0.29) is 17.7 Å². The Kier molecular flexibility index (Phi) is 4.80. The van der Waals surface area contributed by atoms with Crippen molar-refractivity contribution in [2.45, 2.75) is 52.7 Å². The van der Waals surface area contributed by atoms with Gasteiger partial charge in [0.05, 0.1) is 0 Å². The van der Waals surface area contributed by atoms with Crippen LogP contribution in [0.25, 0.3) is 0 Å². The maximum absolute atomic E-state index is 11.8. The Morgan fingerprint density at radius 1 is 1.24 bits per heavy atom. The molecule has 0 aromatic heterocycles. The molecule has 1 aliphatic heterocycles. The van der Waals surface area contributed by atoms with Crippen molar-refractivity contribution >= 4 is 6.09 Å². The zero-order valence-corrected chi connectivity index (χ0v) is 11.8. The molecule has 0 radical (unpaired) electrons. The van der Waals surface area contributed by atoms with Crippen LogP contribution < -0.4 is 0 Å². The molecule has 0 N–H and O–H groups in total. The van der Waals surface area contributed by atoms with Crippen molar-refractivity contribution in [3.05, 3.63) is 0 Å². The Morgan fingerprint density at radius 2 is 1.76 bits per heavy atom. The molecule has 4 nitrogen and oxygen atoms in total. The van der Waals surface area contributed by atoms with Gasteiger partial charge in [0.2, 0.25) is 0 Å². The van der Waals surface area contributed by atoms with E-state index in [0.29, 0.717) is 0 Å². The molecule has 1 aliphatic rings. The Hall–Kier alpha value is -0.770. The highest BCUT2D eigenvalue weighted by molar-refractivity contribution is 5.67. The van der Waals surface area contributed by atoms with Crippen LogP contribution in [0.15, 0.2) is 0 Å². The third kappa shape index (κ3) is 4.19. The van der Waals surface area contributed by atoms with Crippen LogP contribution in [0.1, 0.15) is 41.0 Å². The Balaban J connectivity index is 2.39. The summed E-state index contributed by atoms with van der Waals surface area (Å²) < 4.78 is 5.33. The summed E-state index contributed by atoms with van der Waals surface area (Å²) in [5, 5.41) is 0. The quantitative estimate of drug-likeness (QED) is 0.745. The van der Waals surface area contributed by atoms with Gasteiger partial charge in [0, 0.05) is 31.7 Å². The van der Waals surface area contributed by atoms with Crippen molar-refractivity contribution in [1.29, 1.82) is 0 Å². The van der Waals surface area contributed by atoms with E-state index in [1.54, 1.807) is 0 Å². The molecule has 0 saturated carbocycles. The van der Waals surface area contributed by atoms with E-state index in [0.717, 1.165) is 32.6 Å². The lowest BCUT2D eigenvalue weighted by Gasteiger charge is -2.42. The van der Waals surface area contributed by atoms with Gasteiger partial charge < -0.3 is 9.64 Å². The van der Waals surface area contributed by atoms with Crippen LogP contribution in [0.5, 0.6) is 0 Å².